The lowest BCUT2D eigenvalue weighted by Gasteiger charge is -2.01. The highest BCUT2D eigenvalue weighted by atomic mass is 16.5. The monoisotopic (exact) mass is 178 g/mol. The van der Waals surface area contributed by atoms with Crippen molar-refractivity contribution in [3.8, 4) is 5.75 Å². The topological polar surface area (TPSA) is 66.0 Å². The van der Waals surface area contributed by atoms with Gasteiger partial charge in [0.25, 0.3) is 0 Å². The first-order valence-corrected chi connectivity index (χ1v) is 3.85. The first-order valence-electron chi connectivity index (χ1n) is 3.85. The maximum Gasteiger partial charge on any atom is 0.144 e. The van der Waals surface area contributed by atoms with Crippen molar-refractivity contribution in [1.29, 1.82) is 0 Å². The summed E-state index contributed by atoms with van der Waals surface area (Å²) in [5.74, 6) is 0.632. The third-order valence-electron chi connectivity index (χ3n) is 1.83. The van der Waals surface area contributed by atoms with E-state index in [1.54, 1.807) is 26.3 Å². The molecule has 0 radical (unpaired) electrons. The fourth-order valence-corrected chi connectivity index (χ4v) is 1.24. The molecule has 13 heavy (non-hydrogen) atoms. The van der Waals surface area contributed by atoms with Gasteiger partial charge in [-0.2, -0.15) is 15.0 Å². The Bertz CT molecular complexity index is 449. The summed E-state index contributed by atoms with van der Waals surface area (Å²) in [6.07, 6.45) is 0. The molecule has 0 bridgehead atoms. The van der Waals surface area contributed by atoms with Crippen LogP contribution >= 0.6 is 0 Å². The molecule has 5 nitrogen and oxygen atoms in total. The molecule has 0 aliphatic rings. The number of aryl methyl sites for hydroxylation is 1. The maximum absolute atomic E-state index is 5.70. The van der Waals surface area contributed by atoms with Crippen molar-refractivity contribution in [2.45, 2.75) is 0 Å². The Morgan fingerprint density at radius 3 is 2.54 bits per heavy atom. The Morgan fingerprint density at radius 2 is 1.92 bits per heavy atom. The van der Waals surface area contributed by atoms with E-state index >= 15 is 0 Å². The molecule has 5 heteroatoms. The summed E-state index contributed by atoms with van der Waals surface area (Å²) in [6.45, 7) is 0. The van der Waals surface area contributed by atoms with Gasteiger partial charge in [-0.05, 0) is 6.07 Å². The van der Waals surface area contributed by atoms with Crippen molar-refractivity contribution in [2.75, 3.05) is 12.8 Å². The molecule has 0 saturated carbocycles. The number of nitrogen functional groups attached to an aromatic ring is 1. The number of hydrogen-bond donors (Lipinski definition) is 1. The van der Waals surface area contributed by atoms with Crippen molar-refractivity contribution in [1.82, 2.24) is 15.0 Å². The minimum absolute atomic E-state index is 0.579. The number of rotatable bonds is 1. The lowest BCUT2D eigenvalue weighted by molar-refractivity contribution is 0.417. The van der Waals surface area contributed by atoms with Crippen LogP contribution in [0.2, 0.25) is 0 Å². The number of nitrogens with two attached hydrogens (primary N) is 1. The largest absolute Gasteiger partial charge is 0.495 e. The Kier molecular flexibility index (Phi) is 1.58. The summed E-state index contributed by atoms with van der Waals surface area (Å²) >= 11 is 0. The smallest absolute Gasteiger partial charge is 0.144 e. The molecule has 0 unspecified atom stereocenters. The number of anilines is 1. The van der Waals surface area contributed by atoms with Gasteiger partial charge in [-0.1, -0.05) is 0 Å². The van der Waals surface area contributed by atoms with Gasteiger partial charge in [0.05, 0.1) is 12.8 Å². The Hall–Kier alpha value is -1.78. The van der Waals surface area contributed by atoms with Gasteiger partial charge >= 0.3 is 0 Å². The minimum atomic E-state index is 0.579. The van der Waals surface area contributed by atoms with Gasteiger partial charge in [0.15, 0.2) is 0 Å². The predicted octanol–water partition coefficient (Wildman–Crippen LogP) is 0.559. The highest BCUT2D eigenvalue weighted by Crippen LogP contribution is 2.25. The van der Waals surface area contributed by atoms with E-state index in [0.29, 0.717) is 11.4 Å². The third-order valence-corrected chi connectivity index (χ3v) is 1.83. The zero-order chi connectivity index (χ0) is 9.42. The predicted molar refractivity (Wildman–Crippen MR) is 49.5 cm³/mol. The van der Waals surface area contributed by atoms with Crippen LogP contribution in [0, 0.1) is 0 Å². The van der Waals surface area contributed by atoms with E-state index in [9.17, 15) is 0 Å². The summed E-state index contributed by atoms with van der Waals surface area (Å²) in [4.78, 5) is 1.50. The van der Waals surface area contributed by atoms with Gasteiger partial charge in [-0.3, -0.25) is 0 Å². The molecule has 0 amide bonds. The Labute approximate surface area is 75.1 Å². The van der Waals surface area contributed by atoms with Gasteiger partial charge < -0.3 is 10.5 Å². The number of ether oxygens (including phenoxy) is 1. The molecular weight excluding hydrogens is 168 g/mol. The van der Waals surface area contributed by atoms with Crippen LogP contribution in [0.5, 0.6) is 5.75 Å². The zero-order valence-corrected chi connectivity index (χ0v) is 7.48. The van der Waals surface area contributed by atoms with Crippen LogP contribution in [0.3, 0.4) is 0 Å². The van der Waals surface area contributed by atoms with Crippen molar-refractivity contribution in [3.05, 3.63) is 12.1 Å². The van der Waals surface area contributed by atoms with Crippen LogP contribution in [0.4, 0.5) is 5.69 Å². The fraction of sp³-hybridized carbons (Fsp3) is 0.250. The second kappa shape index (κ2) is 2.62. The van der Waals surface area contributed by atoms with Crippen LogP contribution in [-0.2, 0) is 7.05 Å². The maximum atomic E-state index is 5.70. The molecule has 1 aromatic heterocycles. The molecule has 0 saturated heterocycles. The molecule has 0 aliphatic carbocycles. The average molecular weight is 178 g/mol. The third kappa shape index (κ3) is 1.18. The first kappa shape index (κ1) is 7.85. The highest BCUT2D eigenvalue weighted by Gasteiger charge is 2.05. The molecule has 0 aliphatic heterocycles. The van der Waals surface area contributed by atoms with Crippen LogP contribution in [0.15, 0.2) is 12.1 Å². The SMILES string of the molecule is COc1cc2nn(C)nc2cc1N. The second-order valence-corrected chi connectivity index (χ2v) is 2.77. The molecule has 0 fully saturated rings. The van der Waals surface area contributed by atoms with Crippen LogP contribution in [-0.4, -0.2) is 22.1 Å². The molecule has 2 aromatic rings. The first-order chi connectivity index (χ1) is 6.20. The molecule has 0 atom stereocenters. The summed E-state index contributed by atoms with van der Waals surface area (Å²) in [6, 6.07) is 3.53. The number of nitrogens with zero attached hydrogens (tertiary/aromatic N) is 3. The molecule has 2 N–H and O–H groups in total. The zero-order valence-electron chi connectivity index (χ0n) is 7.48. The highest BCUT2D eigenvalue weighted by molar-refractivity contribution is 5.81. The lowest BCUT2D eigenvalue weighted by atomic mass is 10.2. The van der Waals surface area contributed by atoms with Crippen LogP contribution in [0.1, 0.15) is 0 Å². The van der Waals surface area contributed by atoms with Gasteiger partial charge in [-0.25, -0.2) is 0 Å². The number of fused-ring (bicyclic) bond motifs is 1. The van der Waals surface area contributed by atoms with E-state index in [1.807, 2.05) is 0 Å². The minimum Gasteiger partial charge on any atom is -0.495 e. The summed E-state index contributed by atoms with van der Waals surface area (Å²) in [5.41, 5.74) is 7.85. The number of benzene rings is 1. The van der Waals surface area contributed by atoms with Gasteiger partial charge in [-0.15, -0.1) is 0 Å². The van der Waals surface area contributed by atoms with E-state index in [1.165, 1.54) is 4.80 Å². The van der Waals surface area contributed by atoms with Crippen molar-refractivity contribution in [3.63, 3.8) is 0 Å². The number of methoxy groups -OCH3 is 1. The molecular formula is C8H10N4O. The second-order valence-electron chi connectivity index (χ2n) is 2.77. The van der Waals surface area contributed by atoms with Crippen LogP contribution < -0.4 is 10.5 Å². The Balaban J connectivity index is 2.72. The van der Waals surface area contributed by atoms with E-state index in [2.05, 4.69) is 10.2 Å². The molecule has 0 spiro atoms. The molecule has 68 valence electrons. The molecule has 2 rings (SSSR count). The average Bonchev–Trinajstić information content (AvgIpc) is 2.42. The summed E-state index contributed by atoms with van der Waals surface area (Å²) < 4.78 is 5.06. The van der Waals surface area contributed by atoms with E-state index in [0.717, 1.165) is 11.0 Å². The van der Waals surface area contributed by atoms with Gasteiger partial charge in [0.1, 0.15) is 16.8 Å². The standard InChI is InChI=1S/C8H10N4O/c1-12-10-6-3-5(9)8(13-2)4-7(6)11-12/h3-4H,9H2,1-2H3. The number of aromatic nitrogens is 3. The van der Waals surface area contributed by atoms with Crippen molar-refractivity contribution < 1.29 is 4.74 Å². The summed E-state index contributed by atoms with van der Waals surface area (Å²) in [7, 11) is 3.34. The normalized spacial score (nSPS) is 10.6. The quantitative estimate of drug-likeness (QED) is 0.648. The van der Waals surface area contributed by atoms with E-state index < -0.39 is 0 Å². The van der Waals surface area contributed by atoms with E-state index in [4.69, 9.17) is 10.5 Å². The summed E-state index contributed by atoms with van der Waals surface area (Å²) in [5, 5.41) is 8.25. The fourth-order valence-electron chi connectivity index (χ4n) is 1.24. The lowest BCUT2D eigenvalue weighted by Crippen LogP contribution is -1.91. The van der Waals surface area contributed by atoms with Gasteiger partial charge in [0.2, 0.25) is 0 Å². The van der Waals surface area contributed by atoms with Gasteiger partial charge in [0, 0.05) is 13.1 Å². The molecule has 1 aromatic carbocycles. The Morgan fingerprint density at radius 1 is 1.31 bits per heavy atom. The number of hydrogen-bond acceptors (Lipinski definition) is 4. The van der Waals surface area contributed by atoms with Crippen molar-refractivity contribution >= 4 is 16.7 Å². The van der Waals surface area contributed by atoms with E-state index in [-0.39, 0.29) is 0 Å². The van der Waals surface area contributed by atoms with Crippen LogP contribution in [0.25, 0.3) is 11.0 Å². The molecule has 1 heterocycles. The van der Waals surface area contributed by atoms with Crippen molar-refractivity contribution in [2.24, 2.45) is 7.05 Å².